The fourth-order valence-electron chi connectivity index (χ4n) is 7.79. The second-order valence-electron chi connectivity index (χ2n) is 13.7. The van der Waals surface area contributed by atoms with E-state index in [0.717, 1.165) is 22.3 Å². The van der Waals surface area contributed by atoms with Crippen LogP contribution >= 0.6 is 43.2 Å². The molecule has 5 aromatic rings. The molecule has 55 heavy (non-hydrogen) atoms. The van der Waals surface area contributed by atoms with Crippen LogP contribution in [0.3, 0.4) is 0 Å². The SMILES string of the molecule is Cc1ccc([C@]23C[C@]4(SSCc5ccc(F)cc5)C(=O)N(C)[C@@H](SSCc5ccc(F)cc5)C(=O)N4[C@H]2N(S(=O)(=O)c2ccccc2)c2ccccc23)cc1. The van der Waals surface area contributed by atoms with Gasteiger partial charge in [0.2, 0.25) is 0 Å². The Bertz CT molecular complexity index is 2350. The molecule has 0 aromatic heterocycles. The van der Waals surface area contributed by atoms with Crippen molar-refractivity contribution in [2.45, 2.75) is 51.6 Å². The molecule has 14 heteroatoms. The molecule has 2 saturated heterocycles. The number of carbonyl (C=O) groups excluding carboxylic acids is 2. The number of hydrogen-bond donors (Lipinski definition) is 0. The summed E-state index contributed by atoms with van der Waals surface area (Å²) in [4.78, 5) is 32.2. The molecule has 0 spiro atoms. The van der Waals surface area contributed by atoms with Gasteiger partial charge in [-0.05, 0) is 71.6 Å². The first-order chi connectivity index (χ1) is 26.5. The zero-order valence-corrected chi connectivity index (χ0v) is 33.8. The minimum atomic E-state index is -4.31. The third-order valence-corrected chi connectivity index (χ3v) is 17.7. The predicted molar refractivity (Wildman–Crippen MR) is 220 cm³/mol. The molecule has 5 aromatic carbocycles. The highest BCUT2D eigenvalue weighted by Crippen LogP contribution is 2.67. The van der Waals surface area contributed by atoms with Gasteiger partial charge in [-0.2, -0.15) is 0 Å². The maximum atomic E-state index is 15.4. The van der Waals surface area contributed by atoms with Crippen LogP contribution < -0.4 is 4.31 Å². The summed E-state index contributed by atoms with van der Waals surface area (Å²) in [6.45, 7) is 1.97. The zero-order valence-electron chi connectivity index (χ0n) is 29.7. The van der Waals surface area contributed by atoms with Crippen LogP contribution in [-0.4, -0.2) is 53.5 Å². The highest BCUT2D eigenvalue weighted by atomic mass is 33.1. The van der Waals surface area contributed by atoms with Crippen LogP contribution in [-0.2, 0) is 36.5 Å². The molecule has 0 unspecified atom stereocenters. The maximum Gasteiger partial charge on any atom is 0.266 e. The highest BCUT2D eigenvalue weighted by molar-refractivity contribution is 8.77. The minimum absolute atomic E-state index is 0.0639. The molecule has 0 saturated carbocycles. The number of hydrogen-bond acceptors (Lipinski definition) is 8. The van der Waals surface area contributed by atoms with Gasteiger partial charge in [0.25, 0.3) is 21.8 Å². The Kier molecular flexibility index (Phi) is 10.2. The lowest BCUT2D eigenvalue weighted by atomic mass is 9.72. The van der Waals surface area contributed by atoms with E-state index in [0.29, 0.717) is 22.8 Å². The summed E-state index contributed by atoms with van der Waals surface area (Å²) in [6.07, 6.45) is -1.05. The van der Waals surface area contributed by atoms with Gasteiger partial charge < -0.3 is 4.90 Å². The van der Waals surface area contributed by atoms with Crippen molar-refractivity contribution in [2.75, 3.05) is 11.4 Å². The number of nitrogens with zero attached hydrogens (tertiary/aromatic N) is 3. The molecule has 282 valence electrons. The molecule has 3 heterocycles. The molecule has 0 radical (unpaired) electrons. The number of likely N-dealkylation sites (N-methyl/N-ethyl adjacent to an activating group) is 1. The van der Waals surface area contributed by atoms with Crippen molar-refractivity contribution in [3.05, 3.63) is 167 Å². The number of fused-ring (bicyclic) bond motifs is 5. The predicted octanol–water partition coefficient (Wildman–Crippen LogP) is 8.98. The van der Waals surface area contributed by atoms with Crippen LogP contribution in [0.2, 0.25) is 0 Å². The largest absolute Gasteiger partial charge is 0.322 e. The average molecular weight is 832 g/mol. The fourth-order valence-corrected chi connectivity index (χ4v) is 15.2. The number of carbonyl (C=O) groups is 2. The van der Waals surface area contributed by atoms with Gasteiger partial charge in [-0.15, -0.1) is 0 Å². The molecule has 0 aliphatic carbocycles. The molecule has 3 aliphatic heterocycles. The molecule has 4 atom stereocenters. The quantitative estimate of drug-likeness (QED) is 0.122. The lowest BCUT2D eigenvalue weighted by molar-refractivity contribution is -0.157. The molecular weight excluding hydrogens is 797 g/mol. The number of amides is 2. The van der Waals surface area contributed by atoms with E-state index in [1.165, 1.54) is 76.6 Å². The number of benzene rings is 5. The Morgan fingerprint density at radius 3 is 1.96 bits per heavy atom. The van der Waals surface area contributed by atoms with E-state index in [-0.39, 0.29) is 28.9 Å². The van der Waals surface area contributed by atoms with Crippen LogP contribution in [0.25, 0.3) is 0 Å². The van der Waals surface area contributed by atoms with Gasteiger partial charge in [0.1, 0.15) is 17.8 Å². The number of halogens is 2. The monoisotopic (exact) mass is 831 g/mol. The minimum Gasteiger partial charge on any atom is -0.322 e. The van der Waals surface area contributed by atoms with Gasteiger partial charge in [0, 0.05) is 25.0 Å². The second-order valence-corrected chi connectivity index (χ2v) is 20.6. The van der Waals surface area contributed by atoms with Crippen molar-refractivity contribution < 1.29 is 26.8 Å². The smallest absolute Gasteiger partial charge is 0.266 e. The van der Waals surface area contributed by atoms with E-state index >= 15 is 18.0 Å². The van der Waals surface area contributed by atoms with Crippen molar-refractivity contribution >= 4 is 70.7 Å². The average Bonchev–Trinajstić information content (AvgIpc) is 3.65. The Morgan fingerprint density at radius 2 is 1.33 bits per heavy atom. The maximum absolute atomic E-state index is 15.4. The van der Waals surface area contributed by atoms with Gasteiger partial charge in [-0.3, -0.25) is 14.5 Å². The van der Waals surface area contributed by atoms with Crippen LogP contribution in [0.5, 0.6) is 0 Å². The Hall–Kier alpha value is -3.95. The van der Waals surface area contributed by atoms with Crippen molar-refractivity contribution in [2.24, 2.45) is 0 Å². The Balaban J connectivity index is 1.29. The summed E-state index contributed by atoms with van der Waals surface area (Å²) >= 11 is 0. The normalized spacial score (nSPS) is 23.2. The van der Waals surface area contributed by atoms with Crippen molar-refractivity contribution in [1.82, 2.24) is 9.80 Å². The summed E-state index contributed by atoms with van der Waals surface area (Å²) in [7, 11) is 2.53. The summed E-state index contributed by atoms with van der Waals surface area (Å²) in [6, 6.07) is 35.7. The second kappa shape index (κ2) is 14.8. The van der Waals surface area contributed by atoms with Crippen LogP contribution in [0.4, 0.5) is 14.5 Å². The van der Waals surface area contributed by atoms with E-state index in [1.807, 2.05) is 43.3 Å². The molecule has 7 nitrogen and oxygen atoms in total. The van der Waals surface area contributed by atoms with Gasteiger partial charge in [-0.1, -0.05) is 134 Å². The molecule has 8 rings (SSSR count). The first-order valence-corrected chi connectivity index (χ1v) is 23.6. The number of piperazine rings is 1. The van der Waals surface area contributed by atoms with Crippen molar-refractivity contribution in [3.8, 4) is 0 Å². The zero-order chi connectivity index (χ0) is 38.5. The van der Waals surface area contributed by atoms with Crippen LogP contribution in [0.15, 0.2) is 132 Å². The number of para-hydroxylation sites is 1. The number of anilines is 1. The highest BCUT2D eigenvalue weighted by Gasteiger charge is 2.75. The standard InChI is InChI=1S/C41H35F2N3O4S5/c1-27-12-18-30(19-13-27)40-26-41(54-52-25-29-16-22-32(43)23-17-29)39(48)44(2)37(53-51-24-28-14-20-31(42)21-15-28)36(47)45(41)38(40)46(35-11-7-6-10-34(35)40)55(49,50)33-8-4-3-5-9-33/h3-23,37-38H,24-26H2,1-2H3/t37-,38-,40-,41-/m0/s1. The summed E-state index contributed by atoms with van der Waals surface area (Å²) in [5, 5.41) is -0.993. The number of aryl methyl sites for hydroxylation is 1. The summed E-state index contributed by atoms with van der Waals surface area (Å²) in [5.41, 5.74) is 3.49. The first kappa shape index (κ1) is 37.9. The lowest BCUT2D eigenvalue weighted by Crippen LogP contribution is -2.69. The molecular formula is C41H35F2N3O4S5. The topological polar surface area (TPSA) is 78.0 Å². The van der Waals surface area contributed by atoms with E-state index in [4.69, 9.17) is 0 Å². The van der Waals surface area contributed by atoms with E-state index in [1.54, 1.807) is 78.7 Å². The Labute approximate surface area is 335 Å². The summed E-state index contributed by atoms with van der Waals surface area (Å²) in [5.74, 6) is -0.571. The van der Waals surface area contributed by atoms with Gasteiger partial charge in [-0.25, -0.2) is 21.5 Å². The van der Waals surface area contributed by atoms with E-state index in [9.17, 15) is 8.78 Å². The summed E-state index contributed by atoms with van der Waals surface area (Å²) < 4.78 is 59.0. The number of rotatable bonds is 11. The molecule has 2 amide bonds. The van der Waals surface area contributed by atoms with Crippen LogP contribution in [0, 0.1) is 18.6 Å². The first-order valence-electron chi connectivity index (χ1n) is 17.4. The van der Waals surface area contributed by atoms with Gasteiger partial charge in [0.15, 0.2) is 10.2 Å². The van der Waals surface area contributed by atoms with E-state index < -0.39 is 37.8 Å². The van der Waals surface area contributed by atoms with Gasteiger partial charge >= 0.3 is 0 Å². The third-order valence-electron chi connectivity index (χ3n) is 10.4. The lowest BCUT2D eigenvalue weighted by Gasteiger charge is -2.49. The molecule has 3 aliphatic rings. The van der Waals surface area contributed by atoms with Gasteiger partial charge in [0.05, 0.1) is 16.0 Å². The third kappa shape index (κ3) is 6.43. The van der Waals surface area contributed by atoms with Crippen molar-refractivity contribution in [1.29, 1.82) is 0 Å². The molecule has 0 bridgehead atoms. The molecule has 2 fully saturated rings. The number of sulfonamides is 1. The van der Waals surface area contributed by atoms with Crippen molar-refractivity contribution in [3.63, 3.8) is 0 Å². The van der Waals surface area contributed by atoms with E-state index in [2.05, 4.69) is 0 Å². The van der Waals surface area contributed by atoms with Crippen LogP contribution in [0.1, 0.15) is 34.2 Å². The Morgan fingerprint density at radius 1 is 0.745 bits per heavy atom. The fraction of sp³-hybridized carbons (Fsp3) is 0.220. The molecule has 0 N–H and O–H groups in total.